The Labute approximate surface area is 138 Å². The maximum Gasteiger partial charge on any atom is 0.490 e. The first kappa shape index (κ1) is 19.1. The van der Waals surface area contributed by atoms with Gasteiger partial charge in [0.15, 0.2) is 0 Å². The van der Waals surface area contributed by atoms with Gasteiger partial charge in [0.2, 0.25) is 5.91 Å². The summed E-state index contributed by atoms with van der Waals surface area (Å²) in [5.74, 6) is -5.61. The molecule has 1 atom stereocenters. The monoisotopic (exact) mass is 370 g/mol. The lowest BCUT2D eigenvalue weighted by Gasteiger charge is -2.36. The van der Waals surface area contributed by atoms with Crippen LogP contribution in [0.3, 0.4) is 0 Å². The number of carboxylic acids is 1. The molecular weight excluding hydrogens is 355 g/mol. The van der Waals surface area contributed by atoms with Gasteiger partial charge in [0, 0.05) is 38.2 Å². The Morgan fingerprint density at radius 3 is 2.48 bits per heavy atom. The van der Waals surface area contributed by atoms with Crippen LogP contribution in [-0.4, -0.2) is 51.4 Å². The number of hydrogen-bond acceptors (Lipinski definition) is 4. The average Bonchev–Trinajstić information content (AvgIpc) is 2.93. The number of aliphatic carboxylic acids is 1. The molecule has 1 aliphatic carbocycles. The van der Waals surface area contributed by atoms with Gasteiger partial charge in [-0.25, -0.2) is 13.6 Å². The summed E-state index contributed by atoms with van der Waals surface area (Å²) in [5.41, 5.74) is 0.931. The lowest BCUT2D eigenvalue weighted by molar-refractivity contribution is -0.192. The van der Waals surface area contributed by atoms with Crippen molar-refractivity contribution in [2.24, 2.45) is 0 Å². The topological polar surface area (TPSA) is 96.3 Å². The van der Waals surface area contributed by atoms with Crippen LogP contribution in [0.4, 0.5) is 22.0 Å². The van der Waals surface area contributed by atoms with Crippen molar-refractivity contribution in [2.75, 3.05) is 6.54 Å². The minimum atomic E-state index is -5.08. The molecule has 0 radical (unpaired) electrons. The summed E-state index contributed by atoms with van der Waals surface area (Å²) in [6, 6.07) is 0.982. The highest BCUT2D eigenvalue weighted by Gasteiger charge is 2.46. The highest BCUT2D eigenvalue weighted by atomic mass is 19.4. The second-order valence-electron chi connectivity index (χ2n) is 5.69. The maximum atomic E-state index is 12.7. The molecule has 0 aromatic carbocycles. The third kappa shape index (κ3) is 4.87. The van der Waals surface area contributed by atoms with Crippen LogP contribution in [0.25, 0.3) is 0 Å². The predicted octanol–water partition coefficient (Wildman–Crippen LogP) is 1.07. The van der Waals surface area contributed by atoms with Crippen LogP contribution in [-0.2, 0) is 16.1 Å². The molecule has 2 aliphatic rings. The average molecular weight is 370 g/mol. The molecule has 3 N–H and O–H groups in total. The number of hydrogen-bond donors (Lipinski definition) is 3. The number of fused-ring (bicyclic) bond motifs is 1. The van der Waals surface area contributed by atoms with Crippen LogP contribution in [0.15, 0.2) is 12.3 Å². The van der Waals surface area contributed by atoms with E-state index in [0.717, 1.165) is 5.69 Å². The number of aromatic nitrogens is 2. The summed E-state index contributed by atoms with van der Waals surface area (Å²) < 4.78 is 58.8. The second-order valence-corrected chi connectivity index (χ2v) is 5.69. The lowest BCUT2D eigenvalue weighted by Crippen LogP contribution is -2.53. The largest absolute Gasteiger partial charge is 0.490 e. The molecular formula is C13H15F5N4O3. The molecule has 2 heterocycles. The number of carbonyl (C=O) groups is 2. The van der Waals surface area contributed by atoms with Gasteiger partial charge < -0.3 is 15.7 Å². The zero-order chi connectivity index (χ0) is 18.8. The molecule has 1 amide bonds. The molecule has 7 nitrogen and oxygen atoms in total. The van der Waals surface area contributed by atoms with Crippen molar-refractivity contribution in [3.8, 4) is 0 Å². The summed E-state index contributed by atoms with van der Waals surface area (Å²) >= 11 is 0. The van der Waals surface area contributed by atoms with Gasteiger partial charge in [-0.15, -0.1) is 0 Å². The van der Waals surface area contributed by atoms with E-state index < -0.39 is 30.2 Å². The number of carboxylic acid groups (broad SMARTS) is 1. The normalized spacial score (nSPS) is 22.0. The molecule has 0 bridgehead atoms. The van der Waals surface area contributed by atoms with Gasteiger partial charge >= 0.3 is 12.1 Å². The van der Waals surface area contributed by atoms with Gasteiger partial charge in [-0.05, 0) is 6.07 Å². The van der Waals surface area contributed by atoms with E-state index in [-0.39, 0.29) is 18.7 Å². The molecule has 1 fully saturated rings. The van der Waals surface area contributed by atoms with E-state index in [2.05, 4.69) is 15.7 Å². The van der Waals surface area contributed by atoms with E-state index in [4.69, 9.17) is 9.90 Å². The molecule has 0 spiro atoms. The number of halogens is 5. The number of carbonyl (C=O) groups excluding carboxylic acids is 1. The molecule has 1 aromatic heterocycles. The van der Waals surface area contributed by atoms with Crippen molar-refractivity contribution in [1.82, 2.24) is 20.4 Å². The Kier molecular flexibility index (Phi) is 5.30. The fourth-order valence-corrected chi connectivity index (χ4v) is 2.45. The Hall–Kier alpha value is -2.24. The predicted molar refractivity (Wildman–Crippen MR) is 72.8 cm³/mol. The molecule has 140 valence electrons. The third-order valence-corrected chi connectivity index (χ3v) is 3.67. The van der Waals surface area contributed by atoms with E-state index in [0.29, 0.717) is 13.1 Å². The van der Waals surface area contributed by atoms with E-state index >= 15 is 0 Å². The zero-order valence-electron chi connectivity index (χ0n) is 12.7. The van der Waals surface area contributed by atoms with E-state index in [1.54, 1.807) is 10.9 Å². The van der Waals surface area contributed by atoms with Crippen molar-refractivity contribution in [1.29, 1.82) is 0 Å². The molecule has 25 heavy (non-hydrogen) atoms. The minimum Gasteiger partial charge on any atom is -0.475 e. The minimum absolute atomic E-state index is 0.243. The Morgan fingerprint density at radius 2 is 1.96 bits per heavy atom. The number of alkyl halides is 5. The number of rotatable bonds is 2. The molecule has 1 saturated carbocycles. The highest BCUT2D eigenvalue weighted by molar-refractivity contribution is 5.81. The molecule has 3 rings (SSSR count). The highest BCUT2D eigenvalue weighted by Crippen LogP contribution is 2.37. The van der Waals surface area contributed by atoms with Gasteiger partial charge in [-0.3, -0.25) is 9.48 Å². The Bertz CT molecular complexity index is 638. The summed E-state index contributed by atoms with van der Waals surface area (Å²) in [6.45, 7) is 1.15. The first-order valence-electron chi connectivity index (χ1n) is 7.21. The fraction of sp³-hybridized carbons (Fsp3) is 0.615. The van der Waals surface area contributed by atoms with Crippen LogP contribution in [0, 0.1) is 0 Å². The first-order chi connectivity index (χ1) is 11.5. The quantitative estimate of drug-likeness (QED) is 0.677. The molecule has 0 saturated heterocycles. The van der Waals surface area contributed by atoms with Crippen LogP contribution in [0.2, 0.25) is 0 Å². The van der Waals surface area contributed by atoms with Gasteiger partial charge in [-0.1, -0.05) is 0 Å². The van der Waals surface area contributed by atoms with Gasteiger partial charge in [0.25, 0.3) is 5.92 Å². The van der Waals surface area contributed by atoms with Crippen molar-refractivity contribution in [2.45, 2.75) is 43.6 Å². The van der Waals surface area contributed by atoms with Crippen LogP contribution >= 0.6 is 0 Å². The SMILES string of the molecule is O=C(NC1CC(F)(F)C1)C1CNCc2ccnn21.O=C(O)C(F)(F)F. The number of nitrogens with one attached hydrogen (secondary N) is 2. The Balaban J connectivity index is 0.000000277. The van der Waals surface area contributed by atoms with Crippen molar-refractivity contribution in [3.63, 3.8) is 0 Å². The smallest absolute Gasteiger partial charge is 0.475 e. The standard InChI is InChI=1S/C11H14F2N4O.C2HF3O2/c12-11(13)3-7(4-11)16-10(18)9-6-14-5-8-1-2-15-17(8)9;3-2(4,5)1(6)7/h1-2,7,9,14H,3-6H2,(H,16,18);(H,6,7). The Morgan fingerprint density at radius 1 is 1.36 bits per heavy atom. The molecule has 1 aromatic rings. The van der Waals surface area contributed by atoms with Crippen LogP contribution in [0.1, 0.15) is 24.6 Å². The summed E-state index contributed by atoms with van der Waals surface area (Å²) in [6.07, 6.45) is -3.96. The summed E-state index contributed by atoms with van der Waals surface area (Å²) in [7, 11) is 0. The first-order valence-corrected chi connectivity index (χ1v) is 7.21. The lowest BCUT2D eigenvalue weighted by atomic mass is 9.88. The molecule has 1 aliphatic heterocycles. The summed E-state index contributed by atoms with van der Waals surface area (Å²) in [4.78, 5) is 20.9. The third-order valence-electron chi connectivity index (χ3n) is 3.67. The zero-order valence-corrected chi connectivity index (χ0v) is 12.7. The number of amides is 1. The van der Waals surface area contributed by atoms with Gasteiger partial charge in [0.05, 0.1) is 5.69 Å². The molecule has 1 unspecified atom stereocenters. The van der Waals surface area contributed by atoms with Crippen molar-refractivity contribution >= 4 is 11.9 Å². The van der Waals surface area contributed by atoms with Gasteiger partial charge in [-0.2, -0.15) is 18.3 Å². The maximum absolute atomic E-state index is 12.7. The van der Waals surface area contributed by atoms with Gasteiger partial charge in [0.1, 0.15) is 6.04 Å². The summed E-state index contributed by atoms with van der Waals surface area (Å²) in [5, 5.41) is 17.0. The van der Waals surface area contributed by atoms with E-state index in [1.165, 1.54) is 0 Å². The van der Waals surface area contributed by atoms with Crippen molar-refractivity contribution in [3.05, 3.63) is 18.0 Å². The van der Waals surface area contributed by atoms with Crippen LogP contribution in [0.5, 0.6) is 0 Å². The number of nitrogens with zero attached hydrogens (tertiary/aromatic N) is 2. The van der Waals surface area contributed by atoms with Crippen LogP contribution < -0.4 is 10.6 Å². The van der Waals surface area contributed by atoms with E-state index in [9.17, 15) is 26.7 Å². The molecule has 12 heteroatoms. The van der Waals surface area contributed by atoms with E-state index in [1.807, 2.05) is 6.07 Å². The van der Waals surface area contributed by atoms with Crippen molar-refractivity contribution < 1.29 is 36.6 Å². The fourth-order valence-electron chi connectivity index (χ4n) is 2.45. The second kappa shape index (κ2) is 6.94.